The maximum atomic E-state index is 12.8. The van der Waals surface area contributed by atoms with Crippen LogP contribution in [-0.4, -0.2) is 10.9 Å². The van der Waals surface area contributed by atoms with Crippen LogP contribution >= 0.6 is 0 Å². The molecule has 0 fully saturated rings. The van der Waals surface area contributed by atoms with Gasteiger partial charge in [-0.15, -0.1) is 0 Å². The SMILES string of the molecule is Cc1nc2ccc(CNC(=O)Cc3ccc(F)cc3)cc2o1. The number of halogens is 1. The molecule has 1 aromatic heterocycles. The molecule has 22 heavy (non-hydrogen) atoms. The molecule has 2 aromatic carbocycles. The predicted octanol–water partition coefficient (Wildman–Crippen LogP) is 3.13. The summed E-state index contributed by atoms with van der Waals surface area (Å²) in [4.78, 5) is 16.1. The van der Waals surface area contributed by atoms with Crippen molar-refractivity contribution in [2.75, 3.05) is 0 Å². The first kappa shape index (κ1) is 14.3. The summed E-state index contributed by atoms with van der Waals surface area (Å²) in [6.45, 7) is 2.21. The number of amides is 1. The van der Waals surface area contributed by atoms with E-state index in [9.17, 15) is 9.18 Å². The fraction of sp³-hybridized carbons (Fsp3) is 0.176. The highest BCUT2D eigenvalue weighted by molar-refractivity contribution is 5.79. The van der Waals surface area contributed by atoms with Crippen LogP contribution in [0.1, 0.15) is 17.0 Å². The number of hydrogen-bond acceptors (Lipinski definition) is 3. The molecule has 0 saturated heterocycles. The summed E-state index contributed by atoms with van der Waals surface area (Å²) in [6.07, 6.45) is 0.226. The van der Waals surface area contributed by atoms with Crippen molar-refractivity contribution in [3.63, 3.8) is 0 Å². The van der Waals surface area contributed by atoms with Gasteiger partial charge in [0.1, 0.15) is 11.3 Å². The lowest BCUT2D eigenvalue weighted by Gasteiger charge is -2.05. The number of carbonyl (C=O) groups is 1. The molecule has 4 nitrogen and oxygen atoms in total. The number of fused-ring (bicyclic) bond motifs is 1. The van der Waals surface area contributed by atoms with Crippen molar-refractivity contribution in [3.8, 4) is 0 Å². The van der Waals surface area contributed by atoms with Crippen LogP contribution < -0.4 is 5.32 Å². The lowest BCUT2D eigenvalue weighted by atomic mass is 10.1. The van der Waals surface area contributed by atoms with Gasteiger partial charge >= 0.3 is 0 Å². The Bertz CT molecular complexity index is 809. The van der Waals surface area contributed by atoms with Gasteiger partial charge in [-0.05, 0) is 35.4 Å². The molecule has 0 unspecified atom stereocenters. The van der Waals surface area contributed by atoms with Crippen LogP contribution in [0.5, 0.6) is 0 Å². The van der Waals surface area contributed by atoms with Crippen molar-refractivity contribution >= 4 is 17.0 Å². The molecule has 1 N–H and O–H groups in total. The van der Waals surface area contributed by atoms with Crippen molar-refractivity contribution in [2.45, 2.75) is 19.9 Å². The van der Waals surface area contributed by atoms with Crippen LogP contribution in [0, 0.1) is 12.7 Å². The monoisotopic (exact) mass is 298 g/mol. The fourth-order valence-electron chi connectivity index (χ4n) is 2.24. The topological polar surface area (TPSA) is 55.1 Å². The van der Waals surface area contributed by atoms with Gasteiger partial charge in [-0.25, -0.2) is 9.37 Å². The standard InChI is InChI=1S/C17H15FN2O2/c1-11-20-15-7-4-13(8-16(15)22-11)10-19-17(21)9-12-2-5-14(18)6-3-12/h2-8H,9-10H2,1H3,(H,19,21). The third-order valence-electron chi connectivity index (χ3n) is 3.33. The third-order valence-corrected chi connectivity index (χ3v) is 3.33. The first-order chi connectivity index (χ1) is 10.6. The van der Waals surface area contributed by atoms with E-state index in [1.807, 2.05) is 18.2 Å². The minimum atomic E-state index is -0.306. The van der Waals surface area contributed by atoms with Crippen LogP contribution in [0.3, 0.4) is 0 Å². The van der Waals surface area contributed by atoms with E-state index in [0.29, 0.717) is 18.0 Å². The molecule has 3 aromatic rings. The summed E-state index contributed by atoms with van der Waals surface area (Å²) >= 11 is 0. The summed E-state index contributed by atoms with van der Waals surface area (Å²) in [5.41, 5.74) is 3.23. The number of benzene rings is 2. The van der Waals surface area contributed by atoms with Crippen molar-refractivity contribution < 1.29 is 13.6 Å². The van der Waals surface area contributed by atoms with Gasteiger partial charge in [0.2, 0.25) is 5.91 Å². The van der Waals surface area contributed by atoms with Gasteiger partial charge in [0.05, 0.1) is 6.42 Å². The number of carbonyl (C=O) groups excluding carboxylic acids is 1. The third kappa shape index (κ3) is 3.31. The number of nitrogens with one attached hydrogen (secondary N) is 1. The maximum Gasteiger partial charge on any atom is 0.224 e. The highest BCUT2D eigenvalue weighted by Crippen LogP contribution is 2.16. The molecule has 0 aliphatic heterocycles. The van der Waals surface area contributed by atoms with E-state index in [1.165, 1.54) is 12.1 Å². The summed E-state index contributed by atoms with van der Waals surface area (Å²) in [7, 11) is 0. The molecule has 0 radical (unpaired) electrons. The second-order valence-electron chi connectivity index (χ2n) is 5.11. The van der Waals surface area contributed by atoms with E-state index in [4.69, 9.17) is 4.42 Å². The van der Waals surface area contributed by atoms with Crippen molar-refractivity contribution in [2.24, 2.45) is 0 Å². The van der Waals surface area contributed by atoms with E-state index in [2.05, 4.69) is 10.3 Å². The lowest BCUT2D eigenvalue weighted by Crippen LogP contribution is -2.24. The first-order valence-corrected chi connectivity index (χ1v) is 6.97. The Hall–Kier alpha value is -2.69. The zero-order chi connectivity index (χ0) is 15.5. The summed E-state index contributed by atoms with van der Waals surface area (Å²) in [6, 6.07) is 11.6. The van der Waals surface area contributed by atoms with Crippen molar-refractivity contribution in [1.29, 1.82) is 0 Å². The number of oxazole rings is 1. The van der Waals surface area contributed by atoms with Gasteiger partial charge < -0.3 is 9.73 Å². The van der Waals surface area contributed by atoms with Gasteiger partial charge in [0.15, 0.2) is 11.5 Å². The Morgan fingerprint density at radius 1 is 1.18 bits per heavy atom. The Kier molecular flexibility index (Phi) is 3.87. The Balaban J connectivity index is 1.60. The highest BCUT2D eigenvalue weighted by atomic mass is 19.1. The van der Waals surface area contributed by atoms with Crippen molar-refractivity contribution in [1.82, 2.24) is 10.3 Å². The van der Waals surface area contributed by atoms with E-state index in [0.717, 1.165) is 16.6 Å². The van der Waals surface area contributed by atoms with E-state index >= 15 is 0 Å². The Labute approximate surface area is 127 Å². The second kappa shape index (κ2) is 5.97. The molecule has 0 aliphatic rings. The zero-order valence-electron chi connectivity index (χ0n) is 12.1. The van der Waals surface area contributed by atoms with Crippen LogP contribution in [0.2, 0.25) is 0 Å². The zero-order valence-corrected chi connectivity index (χ0v) is 12.1. The number of hydrogen-bond donors (Lipinski definition) is 1. The predicted molar refractivity (Wildman–Crippen MR) is 80.7 cm³/mol. The molecular formula is C17H15FN2O2. The minimum absolute atomic E-state index is 0.111. The molecule has 0 aliphatic carbocycles. The fourth-order valence-corrected chi connectivity index (χ4v) is 2.24. The van der Waals surface area contributed by atoms with E-state index in [-0.39, 0.29) is 18.1 Å². The van der Waals surface area contributed by atoms with E-state index in [1.54, 1.807) is 19.1 Å². The molecule has 112 valence electrons. The molecule has 0 bridgehead atoms. The summed E-state index contributed by atoms with van der Waals surface area (Å²) in [5, 5.41) is 2.84. The first-order valence-electron chi connectivity index (χ1n) is 6.97. The number of rotatable bonds is 4. The molecule has 3 rings (SSSR count). The molecule has 0 spiro atoms. The van der Waals surface area contributed by atoms with Crippen LogP contribution in [0.25, 0.3) is 11.1 Å². The lowest BCUT2D eigenvalue weighted by molar-refractivity contribution is -0.120. The van der Waals surface area contributed by atoms with Crippen LogP contribution in [-0.2, 0) is 17.8 Å². The second-order valence-corrected chi connectivity index (χ2v) is 5.11. The Morgan fingerprint density at radius 2 is 1.91 bits per heavy atom. The minimum Gasteiger partial charge on any atom is -0.441 e. The largest absolute Gasteiger partial charge is 0.441 e. The van der Waals surface area contributed by atoms with Gasteiger partial charge in [0, 0.05) is 13.5 Å². The molecule has 0 atom stereocenters. The van der Waals surface area contributed by atoms with Crippen molar-refractivity contribution in [3.05, 3.63) is 65.3 Å². The van der Waals surface area contributed by atoms with E-state index < -0.39 is 0 Å². The molecule has 5 heteroatoms. The smallest absolute Gasteiger partial charge is 0.224 e. The number of nitrogens with zero attached hydrogens (tertiary/aromatic N) is 1. The number of aromatic nitrogens is 1. The normalized spacial score (nSPS) is 10.8. The van der Waals surface area contributed by atoms with Crippen LogP contribution in [0.4, 0.5) is 4.39 Å². The molecule has 1 amide bonds. The van der Waals surface area contributed by atoms with Gasteiger partial charge in [-0.2, -0.15) is 0 Å². The summed E-state index contributed by atoms with van der Waals surface area (Å²) in [5.74, 6) is 0.202. The van der Waals surface area contributed by atoms with Crippen LogP contribution in [0.15, 0.2) is 46.9 Å². The quantitative estimate of drug-likeness (QED) is 0.805. The molecule has 1 heterocycles. The molecular weight excluding hydrogens is 283 g/mol. The average molecular weight is 298 g/mol. The Morgan fingerprint density at radius 3 is 2.68 bits per heavy atom. The van der Waals surface area contributed by atoms with Gasteiger partial charge in [-0.3, -0.25) is 4.79 Å². The highest BCUT2D eigenvalue weighted by Gasteiger charge is 2.06. The maximum absolute atomic E-state index is 12.8. The van der Waals surface area contributed by atoms with Gasteiger partial charge in [-0.1, -0.05) is 18.2 Å². The van der Waals surface area contributed by atoms with Gasteiger partial charge in [0.25, 0.3) is 0 Å². The average Bonchev–Trinajstić information content (AvgIpc) is 2.87. The number of aryl methyl sites for hydroxylation is 1. The summed E-state index contributed by atoms with van der Waals surface area (Å²) < 4.78 is 18.3. The molecule has 0 saturated carbocycles.